The van der Waals surface area contributed by atoms with Gasteiger partial charge in [-0.15, -0.1) is 0 Å². The Morgan fingerprint density at radius 3 is 2.63 bits per heavy atom. The van der Waals surface area contributed by atoms with Crippen LogP contribution in [-0.4, -0.2) is 20.1 Å². The van der Waals surface area contributed by atoms with Gasteiger partial charge in [-0.05, 0) is 24.6 Å². The van der Waals surface area contributed by atoms with Crippen molar-refractivity contribution >= 4 is 25.7 Å². The summed E-state index contributed by atoms with van der Waals surface area (Å²) >= 11 is 0. The first-order valence-corrected chi connectivity index (χ1v) is 10.7. The second kappa shape index (κ2) is 5.08. The molecule has 1 N–H and O–H groups in total. The molecule has 0 spiro atoms. The molecule has 2 rings (SSSR count). The van der Waals surface area contributed by atoms with Gasteiger partial charge >= 0.3 is 0 Å². The molecule has 0 saturated carbocycles. The molecule has 1 heterocycles. The topological polar surface area (TPSA) is 24.4 Å². The Morgan fingerprint density at radius 2 is 2.00 bits per heavy atom. The van der Waals surface area contributed by atoms with Gasteiger partial charge in [-0.25, -0.2) is 4.39 Å². The average molecular weight is 278 g/mol. The molecule has 0 aliphatic carbocycles. The third-order valence-corrected chi connectivity index (χ3v) is 5.29. The van der Waals surface area contributed by atoms with Crippen LogP contribution < -0.4 is 5.32 Å². The van der Waals surface area contributed by atoms with Crippen molar-refractivity contribution in [1.29, 1.82) is 0 Å². The van der Waals surface area contributed by atoms with Gasteiger partial charge in [0.2, 0.25) is 5.79 Å². The number of anilines is 1. The molecule has 0 fully saturated rings. The SMILES string of the molecule is CCC(C[Si](C)(C)C)C1(F)C=Nc2ccccc2N1. The predicted octanol–water partition coefficient (Wildman–Crippen LogP) is 4.84. The van der Waals surface area contributed by atoms with Gasteiger partial charge in [-0.3, -0.25) is 4.99 Å². The number of halogens is 1. The van der Waals surface area contributed by atoms with Crippen molar-refractivity contribution in [2.24, 2.45) is 10.9 Å². The van der Waals surface area contributed by atoms with E-state index in [2.05, 4.69) is 36.9 Å². The Labute approximate surface area is 116 Å². The fourth-order valence-electron chi connectivity index (χ4n) is 2.63. The van der Waals surface area contributed by atoms with E-state index < -0.39 is 13.9 Å². The standard InChI is InChI=1S/C15H23FN2Si/c1-5-12(10-19(2,3)4)15(16)11-17-13-8-6-7-9-14(13)18-15/h6-9,11-12,18H,5,10H2,1-4H3. The predicted molar refractivity (Wildman–Crippen MR) is 84.0 cm³/mol. The maximum Gasteiger partial charge on any atom is 0.219 e. The number of benzene rings is 1. The summed E-state index contributed by atoms with van der Waals surface area (Å²) in [5, 5.41) is 3.05. The molecule has 0 bridgehead atoms. The number of aliphatic imine (C=N–C) groups is 1. The minimum atomic E-state index is -1.51. The summed E-state index contributed by atoms with van der Waals surface area (Å²) in [6.45, 7) is 8.91. The van der Waals surface area contributed by atoms with Crippen LogP contribution in [0.5, 0.6) is 0 Å². The molecular formula is C15H23FN2Si. The Hall–Kier alpha value is -1.16. The van der Waals surface area contributed by atoms with Crippen LogP contribution in [0.25, 0.3) is 0 Å². The highest BCUT2D eigenvalue weighted by Gasteiger charge is 2.40. The number of rotatable bonds is 4. The highest BCUT2D eigenvalue weighted by atomic mass is 28.3. The highest BCUT2D eigenvalue weighted by Crippen LogP contribution is 2.38. The summed E-state index contributed by atoms with van der Waals surface area (Å²) in [5.74, 6) is -1.53. The first-order chi connectivity index (χ1) is 8.84. The normalized spacial score (nSPS) is 23.6. The number of hydrogen-bond donors (Lipinski definition) is 1. The first kappa shape index (κ1) is 14.3. The number of nitrogens with one attached hydrogen (secondary N) is 1. The number of hydrogen-bond acceptors (Lipinski definition) is 2. The summed E-state index contributed by atoms with van der Waals surface area (Å²) in [4.78, 5) is 4.30. The van der Waals surface area contributed by atoms with Crippen molar-refractivity contribution in [2.75, 3.05) is 5.32 Å². The second-order valence-corrected chi connectivity index (χ2v) is 12.1. The zero-order valence-corrected chi connectivity index (χ0v) is 13.2. The van der Waals surface area contributed by atoms with Gasteiger partial charge in [0.15, 0.2) is 0 Å². The molecule has 2 atom stereocenters. The van der Waals surface area contributed by atoms with Gasteiger partial charge < -0.3 is 5.32 Å². The lowest BCUT2D eigenvalue weighted by molar-refractivity contribution is 0.204. The lowest BCUT2D eigenvalue weighted by Gasteiger charge is -2.37. The zero-order valence-electron chi connectivity index (χ0n) is 12.2. The Kier molecular flexibility index (Phi) is 3.81. The molecule has 0 amide bonds. The van der Waals surface area contributed by atoms with Crippen LogP contribution in [0.4, 0.5) is 15.8 Å². The van der Waals surface area contributed by atoms with E-state index in [1.54, 1.807) is 0 Å². The first-order valence-electron chi connectivity index (χ1n) is 6.95. The van der Waals surface area contributed by atoms with E-state index in [1.165, 1.54) is 6.21 Å². The van der Waals surface area contributed by atoms with Crippen LogP contribution in [0.1, 0.15) is 13.3 Å². The van der Waals surface area contributed by atoms with Crippen molar-refractivity contribution in [3.8, 4) is 0 Å². The quantitative estimate of drug-likeness (QED) is 0.618. The lowest BCUT2D eigenvalue weighted by Crippen LogP contribution is -2.46. The molecule has 1 aliphatic heterocycles. The van der Waals surface area contributed by atoms with Gasteiger partial charge in [0.05, 0.1) is 17.6 Å². The lowest BCUT2D eigenvalue weighted by atomic mass is 9.95. The maximum atomic E-state index is 15.2. The zero-order chi connectivity index (χ0) is 14.1. The van der Waals surface area contributed by atoms with Crippen LogP contribution in [0.2, 0.25) is 25.7 Å². The fraction of sp³-hybridized carbons (Fsp3) is 0.533. The third kappa shape index (κ3) is 3.24. The number of nitrogens with zero attached hydrogens (tertiary/aromatic N) is 1. The molecule has 1 aromatic rings. The van der Waals surface area contributed by atoms with Crippen LogP contribution in [0, 0.1) is 5.92 Å². The van der Waals surface area contributed by atoms with Gasteiger partial charge in [0.25, 0.3) is 0 Å². The van der Waals surface area contributed by atoms with E-state index in [4.69, 9.17) is 0 Å². The number of alkyl halides is 1. The van der Waals surface area contributed by atoms with E-state index in [0.717, 1.165) is 23.8 Å². The van der Waals surface area contributed by atoms with Crippen molar-refractivity contribution in [1.82, 2.24) is 0 Å². The molecule has 0 radical (unpaired) electrons. The van der Waals surface area contributed by atoms with Crippen LogP contribution in [0.3, 0.4) is 0 Å². The molecule has 19 heavy (non-hydrogen) atoms. The summed E-state index contributed by atoms with van der Waals surface area (Å²) in [5.41, 5.74) is 1.61. The largest absolute Gasteiger partial charge is 0.347 e. The molecular weight excluding hydrogens is 255 g/mol. The molecule has 1 aromatic carbocycles. The van der Waals surface area contributed by atoms with E-state index in [-0.39, 0.29) is 5.92 Å². The van der Waals surface area contributed by atoms with Gasteiger partial charge in [-0.1, -0.05) is 38.7 Å². The molecule has 0 saturated heterocycles. The molecule has 1 aliphatic rings. The minimum absolute atomic E-state index is 0.0173. The molecule has 104 valence electrons. The monoisotopic (exact) mass is 278 g/mol. The maximum absolute atomic E-state index is 15.2. The average Bonchev–Trinajstić information content (AvgIpc) is 2.34. The Balaban J connectivity index is 2.25. The number of para-hydroxylation sites is 2. The Morgan fingerprint density at radius 1 is 1.32 bits per heavy atom. The van der Waals surface area contributed by atoms with Gasteiger partial charge in [0, 0.05) is 14.0 Å². The van der Waals surface area contributed by atoms with Crippen molar-refractivity contribution in [3.63, 3.8) is 0 Å². The summed E-state index contributed by atoms with van der Waals surface area (Å²) in [6.07, 6.45) is 2.28. The van der Waals surface area contributed by atoms with Crippen molar-refractivity contribution in [3.05, 3.63) is 24.3 Å². The summed E-state index contributed by atoms with van der Waals surface area (Å²) in [7, 11) is -1.31. The van der Waals surface area contributed by atoms with Crippen LogP contribution in [-0.2, 0) is 0 Å². The summed E-state index contributed by atoms with van der Waals surface area (Å²) < 4.78 is 15.2. The third-order valence-electron chi connectivity index (χ3n) is 3.57. The van der Waals surface area contributed by atoms with E-state index >= 15 is 4.39 Å². The second-order valence-electron chi connectivity index (χ2n) is 6.54. The molecule has 4 heteroatoms. The molecule has 0 aromatic heterocycles. The minimum Gasteiger partial charge on any atom is -0.347 e. The van der Waals surface area contributed by atoms with Crippen LogP contribution in [0.15, 0.2) is 29.3 Å². The van der Waals surface area contributed by atoms with E-state index in [9.17, 15) is 0 Å². The van der Waals surface area contributed by atoms with Crippen molar-refractivity contribution in [2.45, 2.75) is 44.8 Å². The Bertz CT molecular complexity index is 481. The van der Waals surface area contributed by atoms with E-state index in [0.29, 0.717) is 0 Å². The smallest absolute Gasteiger partial charge is 0.219 e. The fourth-order valence-corrected chi connectivity index (χ4v) is 4.69. The molecule has 2 unspecified atom stereocenters. The molecule has 2 nitrogen and oxygen atoms in total. The van der Waals surface area contributed by atoms with Gasteiger partial charge in [-0.2, -0.15) is 0 Å². The van der Waals surface area contributed by atoms with Crippen molar-refractivity contribution < 1.29 is 4.39 Å². The van der Waals surface area contributed by atoms with E-state index in [1.807, 2.05) is 24.3 Å². The highest BCUT2D eigenvalue weighted by molar-refractivity contribution is 6.76. The van der Waals surface area contributed by atoms with Crippen LogP contribution >= 0.6 is 0 Å². The number of fused-ring (bicyclic) bond motifs is 1. The summed E-state index contributed by atoms with van der Waals surface area (Å²) in [6, 6.07) is 8.58. The van der Waals surface area contributed by atoms with Gasteiger partial charge in [0.1, 0.15) is 0 Å².